The Bertz CT molecular complexity index is 863. The van der Waals surface area contributed by atoms with Crippen molar-refractivity contribution in [1.29, 1.82) is 0 Å². The molecule has 3 aliphatic rings. The smallest absolute Gasteiger partial charge is 0.339 e. The van der Waals surface area contributed by atoms with Crippen molar-refractivity contribution < 1.29 is 14.1 Å². The Kier molecular flexibility index (Phi) is 2.87. The minimum atomic E-state index is -0.142. The molecule has 0 saturated heterocycles. The van der Waals surface area contributed by atoms with Gasteiger partial charge >= 0.3 is 5.63 Å². The van der Waals surface area contributed by atoms with Crippen LogP contribution in [0.2, 0.25) is 0 Å². The molecule has 0 bridgehead atoms. The maximum atomic E-state index is 12.3. The van der Waals surface area contributed by atoms with Crippen LogP contribution in [0.1, 0.15) is 47.9 Å². The molecular formula is C19H22NO3+. The van der Waals surface area contributed by atoms with Crippen molar-refractivity contribution in [3.63, 3.8) is 0 Å². The quantitative estimate of drug-likeness (QED) is 0.818. The van der Waals surface area contributed by atoms with Crippen LogP contribution in [-0.4, -0.2) is 12.8 Å². The van der Waals surface area contributed by atoms with E-state index in [0.717, 1.165) is 72.8 Å². The molecule has 0 radical (unpaired) electrons. The predicted octanol–water partition coefficient (Wildman–Crippen LogP) is 1.88. The molecule has 2 heterocycles. The van der Waals surface area contributed by atoms with E-state index in [-0.39, 0.29) is 5.63 Å². The summed E-state index contributed by atoms with van der Waals surface area (Å²) in [4.78, 5) is 13.9. The molecule has 0 amide bonds. The number of benzene rings is 1. The summed E-state index contributed by atoms with van der Waals surface area (Å²) < 4.78 is 11.8. The number of ether oxygens (including phenoxy) is 1. The van der Waals surface area contributed by atoms with Gasteiger partial charge in [0.05, 0.1) is 6.04 Å². The molecule has 0 spiro atoms. The van der Waals surface area contributed by atoms with Crippen molar-refractivity contribution in [2.75, 3.05) is 6.73 Å². The standard InChI is InChI=1S/C19H21NO3/c1-11-17-12(9-20(10-22-17)13-6-7-13)8-16-14-4-2-3-5-15(14)19(21)23-18(11)16/h8,13H,2-7,9-10H2,1H3/p+1. The van der Waals surface area contributed by atoms with Gasteiger partial charge in [0, 0.05) is 34.9 Å². The highest BCUT2D eigenvalue weighted by molar-refractivity contribution is 5.87. The minimum Gasteiger partial charge on any atom is -0.444 e. The molecule has 23 heavy (non-hydrogen) atoms. The maximum absolute atomic E-state index is 12.3. The van der Waals surface area contributed by atoms with E-state index in [0.29, 0.717) is 0 Å². The molecular weight excluding hydrogens is 290 g/mol. The van der Waals surface area contributed by atoms with E-state index in [4.69, 9.17) is 9.15 Å². The molecule has 1 N–H and O–H groups in total. The number of rotatable bonds is 1. The fourth-order valence-electron chi connectivity index (χ4n) is 4.34. The fraction of sp³-hybridized carbons (Fsp3) is 0.526. The van der Waals surface area contributed by atoms with Crippen molar-refractivity contribution in [2.45, 2.75) is 58.0 Å². The van der Waals surface area contributed by atoms with Crippen LogP contribution >= 0.6 is 0 Å². The highest BCUT2D eigenvalue weighted by atomic mass is 16.5. The van der Waals surface area contributed by atoms with Crippen molar-refractivity contribution in [3.05, 3.63) is 38.7 Å². The number of nitrogens with one attached hydrogen (secondary N) is 1. The molecule has 5 rings (SSSR count). The lowest BCUT2D eigenvalue weighted by atomic mass is 9.89. The summed E-state index contributed by atoms with van der Waals surface area (Å²) in [6, 6.07) is 3.02. The first kappa shape index (κ1) is 13.6. The monoisotopic (exact) mass is 312 g/mol. The van der Waals surface area contributed by atoms with Gasteiger partial charge in [-0.1, -0.05) is 0 Å². The van der Waals surface area contributed by atoms with Gasteiger partial charge in [-0.2, -0.15) is 0 Å². The molecule has 2 aromatic rings. The topological polar surface area (TPSA) is 43.9 Å². The molecule has 1 fully saturated rings. The van der Waals surface area contributed by atoms with Crippen LogP contribution in [0.5, 0.6) is 5.75 Å². The summed E-state index contributed by atoms with van der Waals surface area (Å²) in [6.45, 7) is 3.80. The van der Waals surface area contributed by atoms with Crippen LogP contribution in [-0.2, 0) is 19.4 Å². The van der Waals surface area contributed by atoms with Gasteiger partial charge in [0.25, 0.3) is 0 Å². The Labute approximate surface area is 135 Å². The van der Waals surface area contributed by atoms with Gasteiger partial charge in [-0.05, 0) is 44.2 Å². The Morgan fingerprint density at radius 3 is 2.74 bits per heavy atom. The van der Waals surface area contributed by atoms with Crippen LogP contribution in [0, 0.1) is 6.92 Å². The number of hydrogen-bond acceptors (Lipinski definition) is 3. The molecule has 1 saturated carbocycles. The second kappa shape index (κ2) is 4.84. The van der Waals surface area contributed by atoms with Gasteiger partial charge in [-0.25, -0.2) is 4.79 Å². The minimum absolute atomic E-state index is 0.142. The number of quaternary nitrogens is 1. The van der Waals surface area contributed by atoms with Crippen molar-refractivity contribution in [2.24, 2.45) is 0 Å². The maximum Gasteiger partial charge on any atom is 0.339 e. The zero-order valence-electron chi connectivity index (χ0n) is 13.5. The van der Waals surface area contributed by atoms with Crippen molar-refractivity contribution in [1.82, 2.24) is 0 Å². The lowest BCUT2D eigenvalue weighted by Crippen LogP contribution is -3.13. The van der Waals surface area contributed by atoms with Crippen molar-refractivity contribution >= 4 is 11.0 Å². The molecule has 1 unspecified atom stereocenters. The lowest BCUT2D eigenvalue weighted by Gasteiger charge is -2.28. The molecule has 1 aliphatic heterocycles. The van der Waals surface area contributed by atoms with Crippen LogP contribution in [0.25, 0.3) is 11.0 Å². The van der Waals surface area contributed by atoms with E-state index in [1.54, 1.807) is 4.90 Å². The largest absolute Gasteiger partial charge is 0.444 e. The summed E-state index contributed by atoms with van der Waals surface area (Å²) in [6.07, 6.45) is 6.76. The second-order valence-electron chi connectivity index (χ2n) is 7.32. The van der Waals surface area contributed by atoms with Crippen LogP contribution in [0.3, 0.4) is 0 Å². The van der Waals surface area contributed by atoms with Gasteiger partial charge in [0.15, 0.2) is 0 Å². The molecule has 120 valence electrons. The fourth-order valence-corrected chi connectivity index (χ4v) is 4.34. The third-order valence-corrected chi connectivity index (χ3v) is 5.74. The third-order valence-electron chi connectivity index (χ3n) is 5.74. The first-order valence-corrected chi connectivity index (χ1v) is 8.81. The first-order valence-electron chi connectivity index (χ1n) is 8.81. The Morgan fingerprint density at radius 1 is 1.17 bits per heavy atom. The average molecular weight is 312 g/mol. The van der Waals surface area contributed by atoms with Crippen molar-refractivity contribution in [3.8, 4) is 5.75 Å². The number of fused-ring (bicyclic) bond motifs is 4. The summed E-state index contributed by atoms with van der Waals surface area (Å²) in [5, 5.41) is 1.15. The van der Waals surface area contributed by atoms with E-state index in [1.807, 2.05) is 6.92 Å². The zero-order chi connectivity index (χ0) is 15.6. The summed E-state index contributed by atoms with van der Waals surface area (Å²) in [5.74, 6) is 0.945. The predicted molar refractivity (Wildman–Crippen MR) is 87.0 cm³/mol. The average Bonchev–Trinajstić information content (AvgIpc) is 3.41. The molecule has 4 nitrogen and oxygen atoms in total. The second-order valence-corrected chi connectivity index (χ2v) is 7.32. The van der Waals surface area contributed by atoms with E-state index >= 15 is 0 Å². The van der Waals surface area contributed by atoms with Gasteiger partial charge in [0.2, 0.25) is 6.73 Å². The first-order chi connectivity index (χ1) is 11.2. The lowest BCUT2D eigenvalue weighted by molar-refractivity contribution is -0.943. The Morgan fingerprint density at radius 2 is 1.96 bits per heavy atom. The molecule has 1 aromatic carbocycles. The van der Waals surface area contributed by atoms with Gasteiger partial charge in [-0.15, -0.1) is 0 Å². The normalized spacial score (nSPS) is 23.3. The van der Waals surface area contributed by atoms with Gasteiger partial charge in [0.1, 0.15) is 17.9 Å². The van der Waals surface area contributed by atoms with E-state index in [2.05, 4.69) is 6.07 Å². The molecule has 4 heteroatoms. The highest BCUT2D eigenvalue weighted by Crippen LogP contribution is 2.36. The number of aryl methyl sites for hydroxylation is 2. The molecule has 1 atom stereocenters. The van der Waals surface area contributed by atoms with E-state index < -0.39 is 0 Å². The van der Waals surface area contributed by atoms with Gasteiger partial charge < -0.3 is 9.15 Å². The highest BCUT2D eigenvalue weighted by Gasteiger charge is 2.37. The molecule has 1 aromatic heterocycles. The Hall–Kier alpha value is -1.81. The van der Waals surface area contributed by atoms with E-state index in [1.165, 1.54) is 24.0 Å². The Balaban J connectivity index is 1.73. The molecule has 2 aliphatic carbocycles. The summed E-state index contributed by atoms with van der Waals surface area (Å²) in [5.41, 5.74) is 5.02. The van der Waals surface area contributed by atoms with E-state index in [9.17, 15) is 4.79 Å². The van der Waals surface area contributed by atoms with Crippen LogP contribution < -0.4 is 15.3 Å². The summed E-state index contributed by atoms with van der Waals surface area (Å²) in [7, 11) is 0. The summed E-state index contributed by atoms with van der Waals surface area (Å²) >= 11 is 0. The third kappa shape index (κ3) is 2.04. The van der Waals surface area contributed by atoms with Crippen LogP contribution in [0.4, 0.5) is 0 Å². The number of hydrogen-bond donors (Lipinski definition) is 1. The van der Waals surface area contributed by atoms with Gasteiger partial charge in [-0.3, -0.25) is 4.90 Å². The SMILES string of the molecule is Cc1c2c(cc3c4c(c(=O)oc13)CCCC4)C[NH+](C1CC1)CO2. The van der Waals surface area contributed by atoms with Crippen LogP contribution in [0.15, 0.2) is 15.3 Å². The zero-order valence-corrected chi connectivity index (χ0v) is 13.5.